The molecule has 2 aromatic carbocycles. The van der Waals surface area contributed by atoms with E-state index in [0.717, 1.165) is 12.8 Å². The second-order valence-corrected chi connectivity index (χ2v) is 12.4. The molecular formula is C37H37N. The molecule has 0 saturated carbocycles. The van der Waals surface area contributed by atoms with Crippen molar-refractivity contribution < 1.29 is 0 Å². The minimum absolute atomic E-state index is 0.417. The Morgan fingerprint density at radius 3 is 2.74 bits per heavy atom. The zero-order valence-corrected chi connectivity index (χ0v) is 22.6. The number of rotatable bonds is 2. The molecule has 6 aliphatic rings. The van der Waals surface area contributed by atoms with E-state index in [0.29, 0.717) is 41.7 Å². The van der Waals surface area contributed by atoms with Gasteiger partial charge in [-0.25, -0.2) is 0 Å². The first kappa shape index (κ1) is 22.6. The number of hydrogen-bond donors (Lipinski definition) is 0. The van der Waals surface area contributed by atoms with Gasteiger partial charge in [0.1, 0.15) is 0 Å². The van der Waals surface area contributed by atoms with Crippen molar-refractivity contribution in [3.63, 3.8) is 0 Å². The standard InChI is InChI=1S/C37H37N/c1-23-20-34-30-14-8-9-15-35(30)38(37(34)24(23)2)28-18-16-27-21-33(25-10-4-3-5-11-25)36-29-13-7-6-12-26(29)17-19-31(36)32(27)22-28/h3-8,10-11,13-14,16-20,22,24,26,30,33-35,37H,9,12,15,21H2,1-2H3/t24-,26?,30?,33?,34?,35?,37-/m0/s1. The van der Waals surface area contributed by atoms with Gasteiger partial charge in [0.25, 0.3) is 0 Å². The topological polar surface area (TPSA) is 3.24 Å². The van der Waals surface area contributed by atoms with Crippen molar-refractivity contribution in [1.82, 2.24) is 0 Å². The Labute approximate surface area is 227 Å². The summed E-state index contributed by atoms with van der Waals surface area (Å²) >= 11 is 0. The maximum atomic E-state index is 2.86. The highest BCUT2D eigenvalue weighted by Gasteiger charge is 2.52. The van der Waals surface area contributed by atoms with Crippen LogP contribution in [0, 0.1) is 23.7 Å². The number of nitrogens with zero attached hydrogens (tertiary/aromatic N) is 1. The maximum Gasteiger partial charge on any atom is 0.0424 e. The summed E-state index contributed by atoms with van der Waals surface area (Å²) in [6.45, 7) is 4.81. The van der Waals surface area contributed by atoms with Crippen LogP contribution in [0.3, 0.4) is 0 Å². The van der Waals surface area contributed by atoms with Gasteiger partial charge >= 0.3 is 0 Å². The Kier molecular flexibility index (Phi) is 5.12. The van der Waals surface area contributed by atoms with E-state index in [4.69, 9.17) is 0 Å². The quantitative estimate of drug-likeness (QED) is 0.377. The number of hydrogen-bond acceptors (Lipinski definition) is 1. The van der Waals surface area contributed by atoms with E-state index in [1.807, 2.05) is 0 Å². The highest BCUT2D eigenvalue weighted by molar-refractivity contribution is 5.88. The van der Waals surface area contributed by atoms with Crippen molar-refractivity contribution in [2.45, 2.75) is 57.5 Å². The Balaban J connectivity index is 1.27. The van der Waals surface area contributed by atoms with Gasteiger partial charge in [0, 0.05) is 41.4 Å². The summed E-state index contributed by atoms with van der Waals surface area (Å²) in [6.07, 6.45) is 24.2. The lowest BCUT2D eigenvalue weighted by molar-refractivity contribution is 0.446. The molecule has 5 aliphatic carbocycles. The third-order valence-corrected chi connectivity index (χ3v) is 10.6. The molecule has 1 heteroatoms. The summed E-state index contributed by atoms with van der Waals surface area (Å²) in [5, 5.41) is 0. The molecule has 8 rings (SSSR count). The summed E-state index contributed by atoms with van der Waals surface area (Å²) in [5.74, 6) is 2.84. The monoisotopic (exact) mass is 495 g/mol. The minimum Gasteiger partial charge on any atom is -0.364 e. The van der Waals surface area contributed by atoms with Crippen LogP contribution < -0.4 is 4.90 Å². The molecule has 38 heavy (non-hydrogen) atoms. The molecule has 0 N–H and O–H groups in total. The van der Waals surface area contributed by atoms with Gasteiger partial charge in [-0.05, 0) is 84.1 Å². The van der Waals surface area contributed by atoms with Crippen LogP contribution in [0.4, 0.5) is 5.69 Å². The number of fused-ring (bicyclic) bond motifs is 7. The second-order valence-electron chi connectivity index (χ2n) is 12.4. The Morgan fingerprint density at radius 2 is 1.84 bits per heavy atom. The summed E-state index contributed by atoms with van der Waals surface area (Å²) < 4.78 is 0. The van der Waals surface area contributed by atoms with Crippen molar-refractivity contribution in [2.75, 3.05) is 4.90 Å². The SMILES string of the molecule is CC1=CC2C3C=CCCC3N(c3ccc4c(c3)C3=C(C5=CC=CCC5C=C3)C(c3ccccc3)C4)[C@H]2[C@H]1C. The van der Waals surface area contributed by atoms with Crippen LogP contribution in [-0.2, 0) is 6.42 Å². The molecule has 1 nitrogen and oxygen atoms in total. The number of anilines is 1. The Bertz CT molecular complexity index is 1480. The molecule has 0 aromatic heterocycles. The molecule has 5 unspecified atom stereocenters. The van der Waals surface area contributed by atoms with Crippen molar-refractivity contribution in [1.29, 1.82) is 0 Å². The Hall–Kier alpha value is -3.32. The largest absolute Gasteiger partial charge is 0.364 e. The number of allylic oxidation sites excluding steroid dienone is 9. The second kappa shape index (κ2) is 8.60. The van der Waals surface area contributed by atoms with Gasteiger partial charge < -0.3 is 4.90 Å². The summed E-state index contributed by atoms with van der Waals surface area (Å²) in [5.41, 5.74) is 12.0. The molecule has 190 valence electrons. The zero-order chi connectivity index (χ0) is 25.4. The van der Waals surface area contributed by atoms with Crippen LogP contribution in [-0.4, -0.2) is 12.1 Å². The van der Waals surface area contributed by atoms with E-state index in [1.54, 1.807) is 11.1 Å². The molecule has 1 heterocycles. The van der Waals surface area contributed by atoms with Crippen LogP contribution in [0.5, 0.6) is 0 Å². The lowest BCUT2D eigenvalue weighted by Crippen LogP contribution is -2.41. The first-order valence-corrected chi connectivity index (χ1v) is 14.8. The van der Waals surface area contributed by atoms with Gasteiger partial charge in [0.2, 0.25) is 0 Å². The molecule has 2 aromatic rings. The van der Waals surface area contributed by atoms with Crippen LogP contribution >= 0.6 is 0 Å². The van der Waals surface area contributed by atoms with Crippen molar-refractivity contribution in [3.05, 3.63) is 131 Å². The first-order chi connectivity index (χ1) is 18.7. The molecule has 1 aliphatic heterocycles. The Morgan fingerprint density at radius 1 is 0.947 bits per heavy atom. The predicted molar refractivity (Wildman–Crippen MR) is 159 cm³/mol. The van der Waals surface area contributed by atoms with Crippen molar-refractivity contribution in [2.24, 2.45) is 23.7 Å². The lowest BCUT2D eigenvalue weighted by atomic mass is 9.67. The average Bonchev–Trinajstić information content (AvgIpc) is 3.45. The van der Waals surface area contributed by atoms with Gasteiger partial charge in [-0.15, -0.1) is 0 Å². The number of benzene rings is 2. The third kappa shape index (κ3) is 3.24. The van der Waals surface area contributed by atoms with E-state index in [9.17, 15) is 0 Å². The van der Waals surface area contributed by atoms with Crippen LogP contribution in [0.1, 0.15) is 55.7 Å². The van der Waals surface area contributed by atoms with E-state index in [-0.39, 0.29) is 0 Å². The molecule has 1 saturated heterocycles. The van der Waals surface area contributed by atoms with Crippen molar-refractivity contribution in [3.8, 4) is 0 Å². The van der Waals surface area contributed by atoms with Crippen molar-refractivity contribution >= 4 is 11.3 Å². The fourth-order valence-corrected chi connectivity index (χ4v) is 8.70. The van der Waals surface area contributed by atoms with Gasteiger partial charge in [-0.2, -0.15) is 0 Å². The fourth-order valence-electron chi connectivity index (χ4n) is 8.70. The minimum atomic E-state index is 0.417. The van der Waals surface area contributed by atoms with Gasteiger partial charge in [-0.3, -0.25) is 0 Å². The van der Waals surface area contributed by atoms with Gasteiger partial charge in [0.15, 0.2) is 0 Å². The highest BCUT2D eigenvalue weighted by Crippen LogP contribution is 2.54. The first-order valence-electron chi connectivity index (χ1n) is 14.8. The van der Waals surface area contributed by atoms with E-state index < -0.39 is 0 Å². The predicted octanol–water partition coefficient (Wildman–Crippen LogP) is 8.59. The summed E-state index contributed by atoms with van der Waals surface area (Å²) in [7, 11) is 0. The molecule has 0 radical (unpaired) electrons. The smallest absolute Gasteiger partial charge is 0.0424 e. The molecule has 0 spiro atoms. The molecule has 7 atom stereocenters. The van der Waals surface area contributed by atoms with E-state index in [2.05, 4.69) is 116 Å². The molecular weight excluding hydrogens is 458 g/mol. The molecule has 0 bridgehead atoms. The average molecular weight is 496 g/mol. The maximum absolute atomic E-state index is 2.86. The highest BCUT2D eigenvalue weighted by atomic mass is 15.2. The van der Waals surface area contributed by atoms with Crippen LogP contribution in [0.2, 0.25) is 0 Å². The normalized spacial score (nSPS) is 34.3. The summed E-state index contributed by atoms with van der Waals surface area (Å²) in [6, 6.07) is 19.9. The fraction of sp³-hybridized carbons (Fsp3) is 0.351. The van der Waals surface area contributed by atoms with E-state index in [1.165, 1.54) is 46.4 Å². The van der Waals surface area contributed by atoms with Gasteiger partial charge in [0.05, 0.1) is 0 Å². The van der Waals surface area contributed by atoms with Crippen LogP contribution in [0.15, 0.2) is 114 Å². The third-order valence-electron chi connectivity index (χ3n) is 10.6. The molecule has 0 amide bonds. The van der Waals surface area contributed by atoms with Crippen LogP contribution in [0.25, 0.3) is 5.57 Å². The zero-order valence-electron chi connectivity index (χ0n) is 22.6. The summed E-state index contributed by atoms with van der Waals surface area (Å²) in [4.78, 5) is 2.86. The van der Waals surface area contributed by atoms with E-state index >= 15 is 0 Å². The molecule has 1 fully saturated rings. The lowest BCUT2D eigenvalue weighted by Gasteiger charge is -2.39. The van der Waals surface area contributed by atoms with Gasteiger partial charge in [-0.1, -0.05) is 97.5 Å².